The van der Waals surface area contributed by atoms with Crippen LogP contribution < -0.4 is 0 Å². The maximum absolute atomic E-state index is 10.1. The van der Waals surface area contributed by atoms with Gasteiger partial charge in [-0.05, 0) is 85.2 Å². The van der Waals surface area contributed by atoms with Crippen molar-refractivity contribution >= 4 is 0 Å². The van der Waals surface area contributed by atoms with Crippen molar-refractivity contribution in [2.45, 2.75) is 91.3 Å². The van der Waals surface area contributed by atoms with Gasteiger partial charge in [0.1, 0.15) is 0 Å². The molecule has 0 spiro atoms. The number of rotatable bonds is 5. The van der Waals surface area contributed by atoms with E-state index in [1.165, 1.54) is 38.5 Å². The molecular weight excluding hydrogens is 356 g/mol. The molecule has 0 amide bonds. The highest BCUT2D eigenvalue weighted by atomic mass is 16.3. The Bertz CT molecular complexity index is 683. The summed E-state index contributed by atoms with van der Waals surface area (Å²) in [4.78, 5) is 0. The van der Waals surface area contributed by atoms with Gasteiger partial charge >= 0.3 is 0 Å². The maximum Gasteiger partial charge on any atom is 0.0811 e. The van der Waals surface area contributed by atoms with E-state index in [1.54, 1.807) is 5.57 Å². The number of fused-ring (bicyclic) bond motifs is 1. The molecule has 2 N–H and O–H groups in total. The molecule has 1 unspecified atom stereocenters. The van der Waals surface area contributed by atoms with Crippen LogP contribution in [0, 0.1) is 29.1 Å². The topological polar surface area (TPSA) is 40.5 Å². The third-order valence-electron chi connectivity index (χ3n) is 7.98. The molecule has 0 aromatic heterocycles. The average Bonchev–Trinajstić information content (AvgIpc) is 3.00. The minimum absolute atomic E-state index is 0.396. The predicted octanol–water partition coefficient (Wildman–Crippen LogP) is 6.37. The molecule has 0 radical (unpaired) electrons. The molecule has 29 heavy (non-hydrogen) atoms. The lowest BCUT2D eigenvalue weighted by Crippen LogP contribution is -2.35. The van der Waals surface area contributed by atoms with Gasteiger partial charge in [0.15, 0.2) is 0 Å². The summed E-state index contributed by atoms with van der Waals surface area (Å²) in [6, 6.07) is 0. The van der Waals surface area contributed by atoms with Gasteiger partial charge < -0.3 is 10.2 Å². The molecule has 3 saturated carbocycles. The molecule has 0 saturated heterocycles. The second-order valence-electron chi connectivity index (χ2n) is 10.6. The van der Waals surface area contributed by atoms with Crippen LogP contribution in [-0.4, -0.2) is 22.4 Å². The summed E-state index contributed by atoms with van der Waals surface area (Å²) < 4.78 is 0. The summed E-state index contributed by atoms with van der Waals surface area (Å²) in [5.41, 5.74) is 3.79. The predicted molar refractivity (Wildman–Crippen MR) is 122 cm³/mol. The Morgan fingerprint density at radius 3 is 2.66 bits per heavy atom. The second kappa shape index (κ2) is 9.35. The first-order valence-corrected chi connectivity index (χ1v) is 11.8. The van der Waals surface area contributed by atoms with Crippen molar-refractivity contribution in [3.8, 4) is 0 Å². The van der Waals surface area contributed by atoms with E-state index in [0.717, 1.165) is 23.0 Å². The maximum atomic E-state index is 10.1. The minimum atomic E-state index is -0.602. The van der Waals surface area contributed by atoms with Crippen LogP contribution in [0.4, 0.5) is 0 Å². The van der Waals surface area contributed by atoms with Crippen LogP contribution in [0.1, 0.15) is 79.1 Å². The first-order chi connectivity index (χ1) is 13.7. The average molecular weight is 399 g/mol. The zero-order valence-electron chi connectivity index (χ0n) is 19.0. The largest absolute Gasteiger partial charge is 0.393 e. The Balaban J connectivity index is 1.75. The molecule has 2 nitrogen and oxygen atoms in total. The van der Waals surface area contributed by atoms with Crippen LogP contribution in [0.3, 0.4) is 0 Å². The number of aliphatic hydroxyl groups is 2. The van der Waals surface area contributed by atoms with Crippen LogP contribution in [0.5, 0.6) is 0 Å². The molecule has 3 rings (SSSR count). The molecule has 3 fully saturated rings. The lowest BCUT2D eigenvalue weighted by molar-refractivity contribution is 0.0862. The van der Waals surface area contributed by atoms with E-state index in [1.807, 2.05) is 0 Å². The summed E-state index contributed by atoms with van der Waals surface area (Å²) >= 11 is 0. The van der Waals surface area contributed by atoms with E-state index in [2.05, 4.69) is 58.6 Å². The highest BCUT2D eigenvalue weighted by Crippen LogP contribution is 2.59. The summed E-state index contributed by atoms with van der Waals surface area (Å²) in [7, 11) is 0. The summed E-state index contributed by atoms with van der Waals surface area (Å²) in [6.45, 7) is 13.6. The molecule has 2 heteroatoms. The third kappa shape index (κ3) is 4.97. The van der Waals surface area contributed by atoms with E-state index < -0.39 is 12.2 Å². The van der Waals surface area contributed by atoms with Gasteiger partial charge in [-0.25, -0.2) is 0 Å². The minimum Gasteiger partial charge on any atom is -0.393 e. The van der Waals surface area contributed by atoms with Crippen LogP contribution in [0.25, 0.3) is 0 Å². The van der Waals surface area contributed by atoms with Gasteiger partial charge in [-0.1, -0.05) is 64.2 Å². The molecule has 3 aliphatic carbocycles. The standard InChI is InChI=1S/C27H42O2/c1-18(2)8-6-9-19(3)24-13-14-25-21(10-7-15-27(24,25)5)11-12-22-16-23(28)17-26(29)20(22)4/h6,9,11-12,18-19,23-26,28-29H,4,7-8,10,13-17H2,1-3,5H3/b9-6+,21-11+,22-12-/t19-,23-,24-,25?,26+,27-/m1/s1. The fourth-order valence-electron chi connectivity index (χ4n) is 6.31. The smallest absolute Gasteiger partial charge is 0.0811 e. The number of allylic oxidation sites excluding steroid dienone is 5. The van der Waals surface area contributed by atoms with Gasteiger partial charge in [0, 0.05) is 6.42 Å². The van der Waals surface area contributed by atoms with Crippen molar-refractivity contribution in [2.24, 2.45) is 29.1 Å². The van der Waals surface area contributed by atoms with Crippen LogP contribution >= 0.6 is 0 Å². The lowest BCUT2D eigenvalue weighted by atomic mass is 9.61. The Hall–Kier alpha value is -1.12. The van der Waals surface area contributed by atoms with Crippen molar-refractivity contribution in [3.63, 3.8) is 0 Å². The van der Waals surface area contributed by atoms with E-state index >= 15 is 0 Å². The van der Waals surface area contributed by atoms with Crippen LogP contribution in [-0.2, 0) is 0 Å². The van der Waals surface area contributed by atoms with Crippen LogP contribution in [0.15, 0.2) is 47.6 Å². The highest BCUT2D eigenvalue weighted by molar-refractivity contribution is 5.38. The van der Waals surface area contributed by atoms with Gasteiger partial charge in [-0.3, -0.25) is 0 Å². The monoisotopic (exact) mass is 398 g/mol. The van der Waals surface area contributed by atoms with Crippen molar-refractivity contribution in [2.75, 3.05) is 0 Å². The third-order valence-corrected chi connectivity index (χ3v) is 7.98. The molecular formula is C27H42O2. The molecule has 0 aromatic rings. The Morgan fingerprint density at radius 1 is 1.17 bits per heavy atom. The van der Waals surface area contributed by atoms with Crippen molar-refractivity contribution in [3.05, 3.63) is 47.6 Å². The lowest BCUT2D eigenvalue weighted by Gasteiger charge is -2.44. The number of hydrogen-bond acceptors (Lipinski definition) is 2. The fourth-order valence-corrected chi connectivity index (χ4v) is 6.31. The molecule has 3 aliphatic rings. The van der Waals surface area contributed by atoms with Gasteiger partial charge in [0.25, 0.3) is 0 Å². The van der Waals surface area contributed by atoms with Crippen molar-refractivity contribution < 1.29 is 10.2 Å². The van der Waals surface area contributed by atoms with Crippen molar-refractivity contribution in [1.82, 2.24) is 0 Å². The normalized spacial score (nSPS) is 39.6. The van der Waals surface area contributed by atoms with E-state index in [9.17, 15) is 10.2 Å². The molecule has 0 heterocycles. The van der Waals surface area contributed by atoms with Gasteiger partial charge in [-0.2, -0.15) is 0 Å². The fraction of sp³-hybridized carbons (Fsp3) is 0.704. The Kier molecular flexibility index (Phi) is 7.27. The zero-order valence-corrected chi connectivity index (χ0v) is 19.0. The summed E-state index contributed by atoms with van der Waals surface area (Å²) in [5, 5.41) is 20.1. The summed E-state index contributed by atoms with van der Waals surface area (Å²) in [6.07, 6.45) is 16.9. The molecule has 6 atom stereocenters. The molecule has 0 aromatic carbocycles. The van der Waals surface area contributed by atoms with E-state index in [4.69, 9.17) is 0 Å². The van der Waals surface area contributed by atoms with Crippen LogP contribution in [0.2, 0.25) is 0 Å². The van der Waals surface area contributed by atoms with Crippen molar-refractivity contribution in [1.29, 1.82) is 0 Å². The van der Waals surface area contributed by atoms with Gasteiger partial charge in [-0.15, -0.1) is 0 Å². The molecule has 0 aliphatic heterocycles. The second-order valence-corrected chi connectivity index (χ2v) is 10.6. The quantitative estimate of drug-likeness (QED) is 0.529. The number of aliphatic hydroxyl groups excluding tert-OH is 2. The summed E-state index contributed by atoms with van der Waals surface area (Å²) in [5.74, 6) is 2.81. The van der Waals surface area contributed by atoms with Gasteiger partial charge in [0.05, 0.1) is 12.2 Å². The zero-order chi connectivity index (χ0) is 21.2. The number of hydrogen-bond donors (Lipinski definition) is 2. The van der Waals surface area contributed by atoms with E-state index in [0.29, 0.717) is 30.1 Å². The van der Waals surface area contributed by atoms with E-state index in [-0.39, 0.29) is 0 Å². The molecule has 162 valence electrons. The van der Waals surface area contributed by atoms with Gasteiger partial charge in [0.2, 0.25) is 0 Å². The Morgan fingerprint density at radius 2 is 1.93 bits per heavy atom. The first-order valence-electron chi connectivity index (χ1n) is 11.8. The molecule has 0 bridgehead atoms. The SMILES string of the molecule is C=C1/C(=C\C=C2/CCC[C@@]3(C)C2CC[C@@H]3[C@H](C)/C=C/CC(C)C)C[C@@H](O)C[C@@H]1O. The first kappa shape index (κ1) is 22.6. The Labute approximate surface area is 178 Å². The highest BCUT2D eigenvalue weighted by Gasteiger charge is 2.50.